The predicted octanol–water partition coefficient (Wildman–Crippen LogP) is 5.54. The van der Waals surface area contributed by atoms with Crippen molar-refractivity contribution in [3.8, 4) is 22.1 Å². The van der Waals surface area contributed by atoms with Crippen LogP contribution in [0.5, 0.6) is 11.5 Å². The first-order valence-electron chi connectivity index (χ1n) is 7.78. The summed E-state index contributed by atoms with van der Waals surface area (Å²) in [6.07, 6.45) is 1.24. The Bertz CT molecular complexity index is 1030. The highest BCUT2D eigenvalue weighted by atomic mass is 35.5. The summed E-state index contributed by atoms with van der Waals surface area (Å²) in [5.74, 6) is 0.510. The highest BCUT2D eigenvalue weighted by molar-refractivity contribution is 7.13. The summed E-state index contributed by atoms with van der Waals surface area (Å²) in [4.78, 5) is 20.6. The van der Waals surface area contributed by atoms with Crippen LogP contribution in [0, 0.1) is 0 Å². The van der Waals surface area contributed by atoms with E-state index in [1.165, 1.54) is 17.5 Å². The molecule has 0 bridgehead atoms. The number of carbonyl (C=O) groups excluding carboxylic acids is 1. The Labute approximate surface area is 179 Å². The van der Waals surface area contributed by atoms with E-state index in [9.17, 15) is 4.79 Å². The van der Waals surface area contributed by atoms with Gasteiger partial charge in [-0.25, -0.2) is 14.8 Å². The lowest BCUT2D eigenvalue weighted by Gasteiger charge is -2.08. The monoisotopic (exact) mass is 458 g/mol. The zero-order valence-electron chi connectivity index (χ0n) is 14.7. The number of carbonyl (C=O) groups is 1. The van der Waals surface area contributed by atoms with Gasteiger partial charge < -0.3 is 14.2 Å². The molecule has 0 saturated carbocycles. The normalized spacial score (nSPS) is 10.6. The number of thiazole rings is 1. The van der Waals surface area contributed by atoms with Crippen molar-refractivity contribution in [2.75, 3.05) is 14.2 Å². The molecule has 0 N–H and O–H groups in total. The van der Waals surface area contributed by atoms with Gasteiger partial charge in [-0.1, -0.05) is 34.8 Å². The maximum atomic E-state index is 12.2. The molecular weight excluding hydrogens is 447 g/mol. The number of methoxy groups -OCH3 is 2. The number of pyridine rings is 1. The van der Waals surface area contributed by atoms with E-state index in [-0.39, 0.29) is 27.4 Å². The lowest BCUT2D eigenvalue weighted by molar-refractivity contribution is 0.0462. The van der Waals surface area contributed by atoms with Gasteiger partial charge in [0.25, 0.3) is 0 Å². The van der Waals surface area contributed by atoms with Crippen LogP contribution in [-0.4, -0.2) is 30.2 Å². The van der Waals surface area contributed by atoms with Crippen molar-refractivity contribution < 1.29 is 19.0 Å². The summed E-state index contributed by atoms with van der Waals surface area (Å²) < 4.78 is 15.8. The van der Waals surface area contributed by atoms with Gasteiger partial charge in [0.15, 0.2) is 17.2 Å². The molecule has 0 unspecified atom stereocenters. The van der Waals surface area contributed by atoms with E-state index in [1.807, 2.05) is 12.1 Å². The van der Waals surface area contributed by atoms with Crippen LogP contribution >= 0.6 is 46.1 Å². The van der Waals surface area contributed by atoms with Crippen LogP contribution in [0.2, 0.25) is 15.1 Å². The van der Waals surface area contributed by atoms with Crippen molar-refractivity contribution in [2.45, 2.75) is 6.61 Å². The predicted molar refractivity (Wildman–Crippen MR) is 109 cm³/mol. The third-order valence-corrected chi connectivity index (χ3v) is 5.82. The summed E-state index contributed by atoms with van der Waals surface area (Å²) in [5, 5.41) is 2.70. The van der Waals surface area contributed by atoms with Crippen molar-refractivity contribution >= 4 is 52.1 Å². The van der Waals surface area contributed by atoms with E-state index < -0.39 is 5.97 Å². The maximum absolute atomic E-state index is 12.2. The van der Waals surface area contributed by atoms with Crippen LogP contribution in [0.1, 0.15) is 16.2 Å². The second-order valence-electron chi connectivity index (χ2n) is 5.37. The molecule has 10 heteroatoms. The van der Waals surface area contributed by atoms with E-state index in [1.54, 1.807) is 25.7 Å². The number of rotatable bonds is 6. The third-order valence-electron chi connectivity index (χ3n) is 3.64. The minimum atomic E-state index is -0.718. The van der Waals surface area contributed by atoms with Gasteiger partial charge in [-0.3, -0.25) is 0 Å². The van der Waals surface area contributed by atoms with E-state index in [0.29, 0.717) is 17.2 Å². The third kappa shape index (κ3) is 4.33. The molecular formula is C18H13Cl3N2O4S. The Kier molecular flexibility index (Phi) is 6.61. The van der Waals surface area contributed by atoms with Crippen LogP contribution < -0.4 is 9.47 Å². The number of hydrogen-bond acceptors (Lipinski definition) is 7. The first-order valence-corrected chi connectivity index (χ1v) is 9.79. The molecule has 0 radical (unpaired) electrons. The Morgan fingerprint density at radius 2 is 1.86 bits per heavy atom. The molecule has 0 fully saturated rings. The molecule has 1 aromatic carbocycles. The van der Waals surface area contributed by atoms with Crippen LogP contribution in [0.15, 0.2) is 29.8 Å². The topological polar surface area (TPSA) is 70.5 Å². The van der Waals surface area contributed by atoms with Crippen LogP contribution in [0.25, 0.3) is 10.6 Å². The summed E-state index contributed by atoms with van der Waals surface area (Å²) in [7, 11) is 3.14. The van der Waals surface area contributed by atoms with Crippen molar-refractivity contribution in [1.82, 2.24) is 9.97 Å². The molecule has 0 saturated heterocycles. The van der Waals surface area contributed by atoms with Gasteiger partial charge in [0.1, 0.15) is 11.6 Å². The number of halogens is 3. The standard InChI is InChI=1S/C18H13Cl3N2O4S/c1-25-12-4-3-9(5-13(12)26-2)17-23-10(8-28-17)7-27-18(24)16-15(21)14(20)11(19)6-22-16/h3-6,8H,7H2,1-2H3. The van der Waals surface area contributed by atoms with Crippen LogP contribution in [0.4, 0.5) is 0 Å². The number of ether oxygens (including phenoxy) is 3. The lowest BCUT2D eigenvalue weighted by Crippen LogP contribution is -2.08. The molecule has 0 aliphatic carbocycles. The van der Waals surface area contributed by atoms with E-state index in [4.69, 9.17) is 49.0 Å². The first-order chi connectivity index (χ1) is 13.4. The van der Waals surface area contributed by atoms with Gasteiger partial charge in [-0.2, -0.15) is 0 Å². The number of benzene rings is 1. The van der Waals surface area contributed by atoms with Crippen molar-refractivity contribution in [3.05, 3.63) is 56.2 Å². The summed E-state index contributed by atoms with van der Waals surface area (Å²) in [6.45, 7) is -0.0408. The molecule has 2 heterocycles. The fourth-order valence-corrected chi connectivity index (χ4v) is 3.63. The molecule has 3 aromatic rings. The fraction of sp³-hybridized carbons (Fsp3) is 0.167. The van der Waals surface area contributed by atoms with Crippen LogP contribution in [0.3, 0.4) is 0 Å². The van der Waals surface area contributed by atoms with Gasteiger partial charge in [0.05, 0.1) is 35.0 Å². The lowest BCUT2D eigenvalue weighted by atomic mass is 10.2. The first kappa shape index (κ1) is 20.7. The summed E-state index contributed by atoms with van der Waals surface area (Å²) in [6, 6.07) is 5.50. The molecule has 0 aliphatic heterocycles. The molecule has 6 nitrogen and oxygen atoms in total. The van der Waals surface area contributed by atoms with E-state index in [2.05, 4.69) is 9.97 Å². The largest absolute Gasteiger partial charge is 0.493 e. The molecule has 0 spiro atoms. The van der Waals surface area contributed by atoms with E-state index >= 15 is 0 Å². The number of aromatic nitrogens is 2. The number of esters is 1. The highest BCUT2D eigenvalue weighted by Gasteiger charge is 2.19. The van der Waals surface area contributed by atoms with Gasteiger partial charge in [-0.05, 0) is 18.2 Å². The minimum absolute atomic E-state index is 0.0408. The fourth-order valence-electron chi connectivity index (χ4n) is 2.27. The maximum Gasteiger partial charge on any atom is 0.358 e. The molecule has 28 heavy (non-hydrogen) atoms. The molecule has 0 amide bonds. The molecule has 0 atom stereocenters. The zero-order chi connectivity index (χ0) is 20.3. The molecule has 3 rings (SSSR count). The Morgan fingerprint density at radius 1 is 1.11 bits per heavy atom. The average Bonchev–Trinajstić information content (AvgIpc) is 3.19. The second kappa shape index (κ2) is 8.96. The second-order valence-corrected chi connectivity index (χ2v) is 7.39. The Balaban J connectivity index is 1.72. The average molecular weight is 460 g/mol. The summed E-state index contributed by atoms with van der Waals surface area (Å²) in [5.41, 5.74) is 1.33. The summed E-state index contributed by atoms with van der Waals surface area (Å²) >= 11 is 19.1. The van der Waals surface area contributed by atoms with E-state index in [0.717, 1.165) is 10.6 Å². The highest BCUT2D eigenvalue weighted by Crippen LogP contribution is 2.34. The minimum Gasteiger partial charge on any atom is -0.493 e. The van der Waals surface area contributed by atoms with Gasteiger partial charge >= 0.3 is 5.97 Å². The SMILES string of the molecule is COc1ccc(-c2nc(COC(=O)c3ncc(Cl)c(Cl)c3Cl)cs2)cc1OC. The van der Waals surface area contributed by atoms with Gasteiger partial charge in [0.2, 0.25) is 0 Å². The quantitative estimate of drug-likeness (QED) is 0.451. The smallest absolute Gasteiger partial charge is 0.358 e. The van der Waals surface area contributed by atoms with Crippen molar-refractivity contribution in [2.24, 2.45) is 0 Å². The molecule has 146 valence electrons. The van der Waals surface area contributed by atoms with Crippen molar-refractivity contribution in [3.63, 3.8) is 0 Å². The van der Waals surface area contributed by atoms with Gasteiger partial charge in [-0.15, -0.1) is 11.3 Å². The van der Waals surface area contributed by atoms with Crippen molar-refractivity contribution in [1.29, 1.82) is 0 Å². The molecule has 2 aromatic heterocycles. The molecule has 0 aliphatic rings. The number of nitrogens with zero attached hydrogens (tertiary/aromatic N) is 2. The Morgan fingerprint density at radius 3 is 2.57 bits per heavy atom. The van der Waals surface area contributed by atoms with Gasteiger partial charge in [0, 0.05) is 17.1 Å². The zero-order valence-corrected chi connectivity index (χ0v) is 17.7. The number of hydrogen-bond donors (Lipinski definition) is 0. The Hall–Kier alpha value is -2.06. The van der Waals surface area contributed by atoms with Crippen LogP contribution in [-0.2, 0) is 11.3 Å².